The molecule has 1 atom stereocenters. The molecule has 0 aromatic heterocycles. The van der Waals surface area contributed by atoms with Crippen LogP contribution in [-0.2, 0) is 11.0 Å². The van der Waals surface area contributed by atoms with E-state index >= 15 is 0 Å². The molecule has 0 amide bonds. The molecule has 0 aliphatic rings. The summed E-state index contributed by atoms with van der Waals surface area (Å²) in [5.41, 5.74) is -1.78. The Morgan fingerprint density at radius 1 is 1.20 bits per heavy atom. The molecule has 20 heavy (non-hydrogen) atoms. The molecule has 1 aromatic carbocycles. The fraction of sp³-hybridized carbons (Fsp3) is 0.308. The Kier molecular flexibility index (Phi) is 4.62. The van der Waals surface area contributed by atoms with Gasteiger partial charge in [-0.1, -0.05) is 24.8 Å². The van der Waals surface area contributed by atoms with Crippen molar-refractivity contribution in [2.45, 2.75) is 24.7 Å². The van der Waals surface area contributed by atoms with Gasteiger partial charge in [0.2, 0.25) is 0 Å². The molecule has 1 aromatic rings. The van der Waals surface area contributed by atoms with Crippen LogP contribution in [0.15, 0.2) is 36.9 Å². The Bertz CT molecular complexity index is 500. The fourth-order valence-electron chi connectivity index (χ4n) is 1.64. The molecule has 1 rings (SSSR count). The number of hydrogen-bond acceptors (Lipinski definition) is 1. The third-order valence-electron chi connectivity index (χ3n) is 2.64. The van der Waals surface area contributed by atoms with Crippen molar-refractivity contribution in [3.05, 3.63) is 48.0 Å². The average molecular weight is 296 g/mol. The minimum atomic E-state index is -4.82. The second-order valence-corrected chi connectivity index (χ2v) is 4.09. The summed E-state index contributed by atoms with van der Waals surface area (Å²) in [6, 6.07) is 2.89. The minimum Gasteiger partial charge on any atom is -0.295 e. The van der Waals surface area contributed by atoms with Crippen molar-refractivity contribution in [1.29, 1.82) is 0 Å². The minimum absolute atomic E-state index is 0.411. The number of carbonyl (C=O) groups is 1. The molecule has 1 unspecified atom stereocenters. The number of alkyl halides is 6. The number of allylic oxidation sites excluding steroid dienone is 1. The van der Waals surface area contributed by atoms with Crippen LogP contribution in [-0.4, -0.2) is 12.0 Å². The third-order valence-corrected chi connectivity index (χ3v) is 2.64. The van der Waals surface area contributed by atoms with Crippen LogP contribution in [0, 0.1) is 0 Å². The van der Waals surface area contributed by atoms with Gasteiger partial charge in [0.15, 0.2) is 5.78 Å². The van der Waals surface area contributed by atoms with Crippen molar-refractivity contribution in [2.75, 3.05) is 0 Å². The standard InChI is InChI=1S/C13H10F6O/c1-2-10(20)7-11(13(17,18)19)8-4-3-5-9(6-8)12(14,15)16/h2-6,11H,1,7H2. The van der Waals surface area contributed by atoms with E-state index in [-0.39, 0.29) is 0 Å². The highest BCUT2D eigenvalue weighted by Gasteiger charge is 2.42. The van der Waals surface area contributed by atoms with Crippen LogP contribution in [0.1, 0.15) is 23.5 Å². The summed E-state index contributed by atoms with van der Waals surface area (Å²) < 4.78 is 76.1. The van der Waals surface area contributed by atoms with Crippen molar-refractivity contribution in [2.24, 2.45) is 0 Å². The number of ketones is 1. The van der Waals surface area contributed by atoms with Gasteiger partial charge in [0.05, 0.1) is 11.5 Å². The lowest BCUT2D eigenvalue weighted by Gasteiger charge is -2.20. The predicted octanol–water partition coefficient (Wildman–Crippen LogP) is 4.50. The number of rotatable bonds is 4. The van der Waals surface area contributed by atoms with Gasteiger partial charge in [-0.3, -0.25) is 4.79 Å². The molecule has 0 saturated carbocycles. The van der Waals surface area contributed by atoms with Crippen LogP contribution < -0.4 is 0 Å². The zero-order valence-electron chi connectivity index (χ0n) is 10.1. The van der Waals surface area contributed by atoms with Gasteiger partial charge in [0.25, 0.3) is 0 Å². The summed E-state index contributed by atoms with van der Waals surface area (Å²) in [6.07, 6.45) is -9.81. The van der Waals surface area contributed by atoms with Crippen LogP contribution in [0.4, 0.5) is 26.3 Å². The Morgan fingerprint density at radius 3 is 2.25 bits per heavy atom. The Labute approximate surface area is 110 Å². The van der Waals surface area contributed by atoms with Crippen molar-refractivity contribution in [3.8, 4) is 0 Å². The van der Waals surface area contributed by atoms with E-state index in [0.29, 0.717) is 18.2 Å². The Morgan fingerprint density at radius 2 is 1.80 bits per heavy atom. The summed E-state index contributed by atoms with van der Waals surface area (Å²) in [5, 5.41) is 0. The van der Waals surface area contributed by atoms with E-state index in [2.05, 4.69) is 6.58 Å². The van der Waals surface area contributed by atoms with Crippen LogP contribution in [0.25, 0.3) is 0 Å². The lowest BCUT2D eigenvalue weighted by molar-refractivity contribution is -0.156. The van der Waals surface area contributed by atoms with Gasteiger partial charge in [-0.2, -0.15) is 26.3 Å². The van der Waals surface area contributed by atoms with Gasteiger partial charge >= 0.3 is 12.4 Å². The van der Waals surface area contributed by atoms with E-state index in [1.165, 1.54) is 0 Å². The summed E-state index contributed by atoms with van der Waals surface area (Å²) in [6.45, 7) is 3.05. The molecule has 0 saturated heterocycles. The molecule has 0 aliphatic heterocycles. The normalized spacial score (nSPS) is 13.9. The van der Waals surface area contributed by atoms with Crippen LogP contribution in [0.5, 0.6) is 0 Å². The number of carbonyl (C=O) groups excluding carboxylic acids is 1. The van der Waals surface area contributed by atoms with Gasteiger partial charge in [0, 0.05) is 6.42 Å². The zero-order chi connectivity index (χ0) is 15.6. The topological polar surface area (TPSA) is 17.1 Å². The van der Waals surface area contributed by atoms with E-state index in [1.54, 1.807) is 0 Å². The van der Waals surface area contributed by atoms with Crippen LogP contribution >= 0.6 is 0 Å². The molecular formula is C13H10F6O. The molecule has 0 N–H and O–H groups in total. The van der Waals surface area contributed by atoms with Crippen molar-refractivity contribution >= 4 is 5.78 Å². The lowest BCUT2D eigenvalue weighted by Crippen LogP contribution is -2.23. The lowest BCUT2D eigenvalue weighted by atomic mass is 9.92. The van der Waals surface area contributed by atoms with Crippen LogP contribution in [0.3, 0.4) is 0 Å². The van der Waals surface area contributed by atoms with E-state index in [1.807, 2.05) is 0 Å². The highest BCUT2D eigenvalue weighted by atomic mass is 19.4. The van der Waals surface area contributed by atoms with Gasteiger partial charge in [0.1, 0.15) is 0 Å². The summed E-state index contributed by atoms with van der Waals surface area (Å²) in [7, 11) is 0. The highest BCUT2D eigenvalue weighted by molar-refractivity contribution is 5.89. The fourth-order valence-corrected chi connectivity index (χ4v) is 1.64. The van der Waals surface area contributed by atoms with Gasteiger partial charge in [-0.15, -0.1) is 0 Å². The molecule has 0 spiro atoms. The molecule has 0 heterocycles. The first-order valence-corrected chi connectivity index (χ1v) is 5.45. The quantitative estimate of drug-likeness (QED) is 0.590. The predicted molar refractivity (Wildman–Crippen MR) is 60.1 cm³/mol. The first-order chi connectivity index (χ1) is 9.05. The SMILES string of the molecule is C=CC(=O)CC(c1cccc(C(F)(F)F)c1)C(F)(F)F. The largest absolute Gasteiger partial charge is 0.416 e. The molecule has 0 radical (unpaired) electrons. The Hall–Kier alpha value is -1.79. The molecule has 0 aliphatic carbocycles. The second-order valence-electron chi connectivity index (χ2n) is 4.09. The maximum atomic E-state index is 12.9. The number of benzene rings is 1. The van der Waals surface area contributed by atoms with Gasteiger partial charge < -0.3 is 0 Å². The highest BCUT2D eigenvalue weighted by Crippen LogP contribution is 2.39. The van der Waals surface area contributed by atoms with Crippen molar-refractivity contribution in [1.82, 2.24) is 0 Å². The summed E-state index contributed by atoms with van der Waals surface area (Å²) in [4.78, 5) is 11.1. The van der Waals surface area contributed by atoms with Crippen LogP contribution in [0.2, 0.25) is 0 Å². The molecule has 7 heteroatoms. The second kappa shape index (κ2) is 5.68. The Balaban J connectivity index is 3.21. The molecule has 0 fully saturated rings. The van der Waals surface area contributed by atoms with E-state index in [4.69, 9.17) is 0 Å². The third kappa shape index (κ3) is 4.11. The summed E-state index contributed by atoms with van der Waals surface area (Å²) in [5.74, 6) is -3.17. The smallest absolute Gasteiger partial charge is 0.295 e. The molecule has 0 bridgehead atoms. The first kappa shape index (κ1) is 16.3. The monoisotopic (exact) mass is 296 g/mol. The maximum Gasteiger partial charge on any atom is 0.416 e. The average Bonchev–Trinajstić information content (AvgIpc) is 2.33. The van der Waals surface area contributed by atoms with E-state index < -0.39 is 41.6 Å². The van der Waals surface area contributed by atoms with Gasteiger partial charge in [-0.25, -0.2) is 0 Å². The molecule has 1 nitrogen and oxygen atoms in total. The van der Waals surface area contributed by atoms with E-state index in [9.17, 15) is 31.1 Å². The van der Waals surface area contributed by atoms with E-state index in [0.717, 1.165) is 12.1 Å². The maximum absolute atomic E-state index is 12.9. The number of halogens is 6. The first-order valence-electron chi connectivity index (χ1n) is 5.45. The molecular weight excluding hydrogens is 286 g/mol. The van der Waals surface area contributed by atoms with Gasteiger partial charge in [-0.05, 0) is 17.7 Å². The zero-order valence-corrected chi connectivity index (χ0v) is 10.1. The van der Waals surface area contributed by atoms with Crippen molar-refractivity contribution < 1.29 is 31.1 Å². The summed E-state index contributed by atoms with van der Waals surface area (Å²) >= 11 is 0. The van der Waals surface area contributed by atoms with Crippen molar-refractivity contribution in [3.63, 3.8) is 0 Å². The number of hydrogen-bond donors (Lipinski definition) is 0. The molecule has 110 valence electrons.